The number of anilines is 1. The van der Waals surface area contributed by atoms with Crippen LogP contribution in [0, 0.1) is 4.77 Å². The zero-order chi connectivity index (χ0) is 10.8. The number of hydrogen-bond acceptors (Lipinski definition) is 3. The van der Waals surface area contributed by atoms with Crippen molar-refractivity contribution in [3.05, 3.63) is 29.0 Å². The third-order valence-corrected chi connectivity index (χ3v) is 2.68. The Bertz CT molecular complexity index is 509. The van der Waals surface area contributed by atoms with Crippen LogP contribution in [-0.2, 0) is 7.05 Å². The van der Waals surface area contributed by atoms with Crippen LogP contribution in [0.3, 0.4) is 0 Å². The smallest absolute Gasteiger partial charge is 0.195 e. The number of nitrogens with zero attached hydrogens (tertiary/aromatic N) is 2. The van der Waals surface area contributed by atoms with Crippen LogP contribution in [0.2, 0.25) is 0 Å². The fraction of sp³-hybridized carbons (Fsp3) is 0.200. The summed E-state index contributed by atoms with van der Waals surface area (Å²) in [5.41, 5.74) is 2.12. The molecule has 5 heteroatoms. The third kappa shape index (κ3) is 1.78. The van der Waals surface area contributed by atoms with Gasteiger partial charge in [-0.1, -0.05) is 0 Å². The second kappa shape index (κ2) is 3.86. The molecule has 1 heterocycles. The van der Waals surface area contributed by atoms with E-state index in [1.807, 2.05) is 42.9 Å². The van der Waals surface area contributed by atoms with Crippen LogP contribution in [0.4, 0.5) is 5.69 Å². The molecule has 0 saturated heterocycles. The molecule has 1 aromatic carbocycles. The van der Waals surface area contributed by atoms with E-state index in [4.69, 9.17) is 12.2 Å². The van der Waals surface area contributed by atoms with Crippen molar-refractivity contribution < 1.29 is 0 Å². The molecular weight excluding hydrogens is 208 g/mol. The van der Waals surface area contributed by atoms with Crippen molar-refractivity contribution in [3.63, 3.8) is 0 Å². The zero-order valence-corrected chi connectivity index (χ0v) is 9.43. The number of rotatable bonds is 2. The Hall–Kier alpha value is -1.62. The summed E-state index contributed by atoms with van der Waals surface area (Å²) < 4.78 is 2.48. The summed E-state index contributed by atoms with van der Waals surface area (Å²) in [4.78, 5) is 0. The van der Waals surface area contributed by atoms with Crippen molar-refractivity contribution in [2.45, 2.75) is 0 Å². The summed E-state index contributed by atoms with van der Waals surface area (Å²) in [6.45, 7) is 0. The quantitative estimate of drug-likeness (QED) is 0.763. The molecule has 2 rings (SSSR count). The molecule has 0 aliphatic heterocycles. The van der Waals surface area contributed by atoms with Crippen LogP contribution in [0.1, 0.15) is 0 Å². The number of H-pyrrole nitrogens is 1. The Morgan fingerprint density at radius 2 is 2.00 bits per heavy atom. The van der Waals surface area contributed by atoms with Gasteiger partial charge in [0.05, 0.1) is 0 Å². The molecule has 0 aliphatic carbocycles. The summed E-state index contributed by atoms with van der Waals surface area (Å²) >= 11 is 5.06. The first-order chi connectivity index (χ1) is 7.22. The molecule has 2 aromatic rings. The van der Waals surface area contributed by atoms with E-state index in [0.29, 0.717) is 4.77 Å². The number of aromatic nitrogens is 3. The SMILES string of the molecule is CNc1ccc(-c2n[nH]c(=S)n2C)cc1. The molecule has 78 valence electrons. The van der Waals surface area contributed by atoms with Crippen LogP contribution >= 0.6 is 12.2 Å². The van der Waals surface area contributed by atoms with E-state index in [1.165, 1.54) is 0 Å². The lowest BCUT2D eigenvalue weighted by Crippen LogP contribution is -1.93. The van der Waals surface area contributed by atoms with Crippen LogP contribution in [0.5, 0.6) is 0 Å². The average molecular weight is 220 g/mol. The highest BCUT2D eigenvalue weighted by atomic mass is 32.1. The molecule has 0 unspecified atom stereocenters. The predicted octanol–water partition coefficient (Wildman–Crippen LogP) is 2.19. The van der Waals surface area contributed by atoms with Gasteiger partial charge < -0.3 is 9.88 Å². The van der Waals surface area contributed by atoms with Crippen molar-refractivity contribution in [1.82, 2.24) is 14.8 Å². The van der Waals surface area contributed by atoms with Crippen molar-refractivity contribution in [3.8, 4) is 11.4 Å². The molecule has 0 radical (unpaired) electrons. The summed E-state index contributed by atoms with van der Waals surface area (Å²) in [6.07, 6.45) is 0. The highest BCUT2D eigenvalue weighted by Gasteiger charge is 2.04. The first kappa shape index (κ1) is 9.92. The molecule has 0 spiro atoms. The summed E-state index contributed by atoms with van der Waals surface area (Å²) in [5, 5.41) is 10.0. The van der Waals surface area contributed by atoms with Gasteiger partial charge in [0.15, 0.2) is 10.6 Å². The minimum Gasteiger partial charge on any atom is -0.388 e. The van der Waals surface area contributed by atoms with E-state index in [2.05, 4.69) is 15.5 Å². The molecule has 0 aliphatic rings. The Kier molecular flexibility index (Phi) is 2.55. The second-order valence-corrected chi connectivity index (χ2v) is 3.63. The van der Waals surface area contributed by atoms with E-state index in [-0.39, 0.29) is 0 Å². The van der Waals surface area contributed by atoms with E-state index in [9.17, 15) is 0 Å². The van der Waals surface area contributed by atoms with Gasteiger partial charge in [0.25, 0.3) is 0 Å². The van der Waals surface area contributed by atoms with Gasteiger partial charge in [0.1, 0.15) is 0 Å². The molecular formula is C10H12N4S. The van der Waals surface area contributed by atoms with Crippen molar-refractivity contribution >= 4 is 17.9 Å². The minimum absolute atomic E-state index is 0.627. The summed E-state index contributed by atoms with van der Waals surface area (Å²) in [6, 6.07) is 8.04. The van der Waals surface area contributed by atoms with Crippen molar-refractivity contribution in [2.75, 3.05) is 12.4 Å². The second-order valence-electron chi connectivity index (χ2n) is 3.24. The molecule has 15 heavy (non-hydrogen) atoms. The first-order valence-corrected chi connectivity index (χ1v) is 5.03. The van der Waals surface area contributed by atoms with E-state index in [1.54, 1.807) is 0 Å². The Labute approximate surface area is 93.0 Å². The van der Waals surface area contributed by atoms with E-state index < -0.39 is 0 Å². The maximum atomic E-state index is 5.06. The Morgan fingerprint density at radius 1 is 1.33 bits per heavy atom. The van der Waals surface area contributed by atoms with Gasteiger partial charge >= 0.3 is 0 Å². The Morgan fingerprint density at radius 3 is 2.47 bits per heavy atom. The fourth-order valence-electron chi connectivity index (χ4n) is 1.39. The topological polar surface area (TPSA) is 45.6 Å². The zero-order valence-electron chi connectivity index (χ0n) is 8.61. The molecule has 0 saturated carbocycles. The molecule has 0 atom stereocenters. The lowest BCUT2D eigenvalue weighted by atomic mass is 10.2. The molecule has 0 bridgehead atoms. The number of hydrogen-bond donors (Lipinski definition) is 2. The predicted molar refractivity (Wildman–Crippen MR) is 63.4 cm³/mol. The Balaban J connectivity index is 2.46. The summed E-state index contributed by atoms with van der Waals surface area (Å²) in [7, 11) is 3.79. The lowest BCUT2D eigenvalue weighted by Gasteiger charge is -2.02. The van der Waals surface area contributed by atoms with Gasteiger partial charge in [-0.2, -0.15) is 5.10 Å². The van der Waals surface area contributed by atoms with Gasteiger partial charge in [-0.15, -0.1) is 0 Å². The first-order valence-electron chi connectivity index (χ1n) is 4.62. The van der Waals surface area contributed by atoms with Crippen LogP contribution in [-0.4, -0.2) is 21.8 Å². The maximum Gasteiger partial charge on any atom is 0.195 e. The van der Waals surface area contributed by atoms with Crippen LogP contribution in [0.25, 0.3) is 11.4 Å². The average Bonchev–Trinajstić information content (AvgIpc) is 2.60. The molecule has 4 nitrogen and oxygen atoms in total. The van der Waals surface area contributed by atoms with Crippen LogP contribution < -0.4 is 5.32 Å². The highest BCUT2D eigenvalue weighted by Crippen LogP contribution is 2.18. The van der Waals surface area contributed by atoms with Gasteiger partial charge in [-0.05, 0) is 36.5 Å². The molecule has 0 amide bonds. The molecule has 0 fully saturated rings. The number of nitrogens with one attached hydrogen (secondary N) is 2. The molecule has 2 N–H and O–H groups in total. The van der Waals surface area contributed by atoms with Crippen molar-refractivity contribution in [2.24, 2.45) is 7.05 Å². The molecule has 1 aromatic heterocycles. The maximum absolute atomic E-state index is 5.06. The normalized spacial score (nSPS) is 10.3. The number of aromatic amines is 1. The number of benzene rings is 1. The largest absolute Gasteiger partial charge is 0.388 e. The van der Waals surface area contributed by atoms with Gasteiger partial charge in [0, 0.05) is 25.3 Å². The van der Waals surface area contributed by atoms with Crippen LogP contribution in [0.15, 0.2) is 24.3 Å². The summed E-state index contributed by atoms with van der Waals surface area (Å²) in [5.74, 6) is 0.850. The van der Waals surface area contributed by atoms with Crippen molar-refractivity contribution in [1.29, 1.82) is 0 Å². The standard InChI is InChI=1S/C10H12N4S/c1-11-8-5-3-7(4-6-8)9-12-13-10(15)14(9)2/h3-6,11H,1-2H3,(H,13,15). The van der Waals surface area contributed by atoms with Gasteiger partial charge in [0.2, 0.25) is 0 Å². The third-order valence-electron chi connectivity index (χ3n) is 2.31. The van der Waals surface area contributed by atoms with E-state index in [0.717, 1.165) is 17.1 Å². The lowest BCUT2D eigenvalue weighted by molar-refractivity contribution is 0.902. The van der Waals surface area contributed by atoms with E-state index >= 15 is 0 Å². The minimum atomic E-state index is 0.627. The van der Waals surface area contributed by atoms with Gasteiger partial charge in [-0.3, -0.25) is 5.10 Å². The highest BCUT2D eigenvalue weighted by molar-refractivity contribution is 7.71. The van der Waals surface area contributed by atoms with Gasteiger partial charge in [-0.25, -0.2) is 0 Å². The monoisotopic (exact) mass is 220 g/mol. The fourth-order valence-corrected chi connectivity index (χ4v) is 1.52.